The van der Waals surface area contributed by atoms with Gasteiger partial charge in [0.1, 0.15) is 0 Å². The van der Waals surface area contributed by atoms with Crippen LogP contribution in [-0.4, -0.2) is 41.0 Å². The molecule has 0 spiro atoms. The Bertz CT molecular complexity index is 207. The van der Waals surface area contributed by atoms with E-state index in [2.05, 4.69) is 5.32 Å². The summed E-state index contributed by atoms with van der Waals surface area (Å²) in [7, 11) is -0.533. The Kier molecular flexibility index (Phi) is 4.60. The topological polar surface area (TPSA) is 38.3 Å². The van der Waals surface area contributed by atoms with E-state index in [0.717, 1.165) is 43.9 Å². The van der Waals surface area contributed by atoms with Crippen molar-refractivity contribution >= 4 is 10.8 Å². The minimum atomic E-state index is -0.533. The van der Waals surface area contributed by atoms with Crippen molar-refractivity contribution < 1.29 is 8.95 Å². The second-order valence-corrected chi connectivity index (χ2v) is 6.20. The molecule has 1 unspecified atom stereocenters. The Balaban J connectivity index is 1.55. The number of ether oxygens (including phenoxy) is 1. The van der Waals surface area contributed by atoms with Crippen molar-refractivity contribution in [1.82, 2.24) is 5.32 Å². The maximum Gasteiger partial charge on any atom is 0.0588 e. The molecule has 2 aliphatic heterocycles. The maximum atomic E-state index is 11.2. The van der Waals surface area contributed by atoms with Crippen LogP contribution in [-0.2, 0) is 15.5 Å². The fourth-order valence-electron chi connectivity index (χ4n) is 2.32. The van der Waals surface area contributed by atoms with Crippen LogP contribution in [0.5, 0.6) is 0 Å². The second kappa shape index (κ2) is 5.97. The lowest BCUT2D eigenvalue weighted by molar-refractivity contribution is 0.103. The van der Waals surface area contributed by atoms with Gasteiger partial charge in [-0.1, -0.05) is 0 Å². The van der Waals surface area contributed by atoms with Gasteiger partial charge in [-0.25, -0.2) is 0 Å². The average molecular weight is 231 g/mol. The van der Waals surface area contributed by atoms with E-state index in [1.807, 2.05) is 0 Å². The highest BCUT2D eigenvalue weighted by atomic mass is 32.2. The zero-order valence-corrected chi connectivity index (χ0v) is 10.1. The SMILES string of the molecule is O=S1CCC(NCCC2CCCO2)CC1. The van der Waals surface area contributed by atoms with Crippen LogP contribution < -0.4 is 5.32 Å². The van der Waals surface area contributed by atoms with Gasteiger partial charge < -0.3 is 10.1 Å². The highest BCUT2D eigenvalue weighted by Gasteiger charge is 2.19. The quantitative estimate of drug-likeness (QED) is 0.786. The fraction of sp³-hybridized carbons (Fsp3) is 1.00. The lowest BCUT2D eigenvalue weighted by Crippen LogP contribution is -2.37. The summed E-state index contributed by atoms with van der Waals surface area (Å²) in [5, 5.41) is 3.55. The van der Waals surface area contributed by atoms with Crippen LogP contribution in [0.15, 0.2) is 0 Å². The predicted molar refractivity (Wildman–Crippen MR) is 62.5 cm³/mol. The van der Waals surface area contributed by atoms with Crippen molar-refractivity contribution in [1.29, 1.82) is 0 Å². The smallest absolute Gasteiger partial charge is 0.0588 e. The largest absolute Gasteiger partial charge is 0.378 e. The molecule has 2 saturated heterocycles. The Morgan fingerprint density at radius 2 is 2.07 bits per heavy atom. The molecule has 2 rings (SSSR count). The van der Waals surface area contributed by atoms with E-state index in [1.165, 1.54) is 12.8 Å². The molecule has 88 valence electrons. The van der Waals surface area contributed by atoms with Crippen LogP contribution in [0.2, 0.25) is 0 Å². The van der Waals surface area contributed by atoms with Crippen molar-refractivity contribution in [3.8, 4) is 0 Å². The van der Waals surface area contributed by atoms with Crippen LogP contribution >= 0.6 is 0 Å². The van der Waals surface area contributed by atoms with Gasteiger partial charge in [-0.15, -0.1) is 0 Å². The minimum absolute atomic E-state index is 0.496. The number of nitrogens with one attached hydrogen (secondary N) is 1. The molecule has 2 heterocycles. The molecule has 0 aromatic carbocycles. The number of rotatable bonds is 4. The average Bonchev–Trinajstić information content (AvgIpc) is 2.74. The molecule has 2 fully saturated rings. The van der Waals surface area contributed by atoms with Crippen molar-refractivity contribution in [3.63, 3.8) is 0 Å². The molecule has 0 aromatic rings. The summed E-state index contributed by atoms with van der Waals surface area (Å²) in [6.07, 6.45) is 6.26. The third-order valence-corrected chi connectivity index (χ3v) is 4.69. The summed E-state index contributed by atoms with van der Waals surface area (Å²) in [5.41, 5.74) is 0. The third-order valence-electron chi connectivity index (χ3n) is 3.31. The molecular weight excluding hydrogens is 210 g/mol. The van der Waals surface area contributed by atoms with Crippen LogP contribution in [0.4, 0.5) is 0 Å². The molecule has 1 N–H and O–H groups in total. The minimum Gasteiger partial charge on any atom is -0.378 e. The Morgan fingerprint density at radius 1 is 1.27 bits per heavy atom. The molecule has 0 aliphatic carbocycles. The lowest BCUT2D eigenvalue weighted by atomic mass is 10.1. The molecule has 3 nitrogen and oxygen atoms in total. The zero-order valence-electron chi connectivity index (χ0n) is 9.24. The van der Waals surface area contributed by atoms with E-state index >= 15 is 0 Å². The Labute approximate surface area is 94.4 Å². The van der Waals surface area contributed by atoms with Crippen LogP contribution in [0, 0.1) is 0 Å². The van der Waals surface area contributed by atoms with Gasteiger partial charge in [0.2, 0.25) is 0 Å². The number of hydrogen-bond acceptors (Lipinski definition) is 3. The molecule has 2 aliphatic rings. The first-order chi connectivity index (χ1) is 7.34. The molecule has 0 bridgehead atoms. The van der Waals surface area contributed by atoms with Crippen molar-refractivity contribution in [2.75, 3.05) is 24.7 Å². The van der Waals surface area contributed by atoms with Gasteiger partial charge in [-0.2, -0.15) is 0 Å². The first-order valence-electron chi connectivity index (χ1n) is 6.04. The normalized spacial score (nSPS) is 36.9. The molecular formula is C11H21NO2S. The third kappa shape index (κ3) is 3.85. The van der Waals surface area contributed by atoms with Crippen LogP contribution in [0.1, 0.15) is 32.1 Å². The van der Waals surface area contributed by atoms with E-state index in [9.17, 15) is 4.21 Å². The molecule has 0 saturated carbocycles. The molecule has 0 amide bonds. The second-order valence-electron chi connectivity index (χ2n) is 4.50. The van der Waals surface area contributed by atoms with Gasteiger partial charge in [0.25, 0.3) is 0 Å². The first kappa shape index (κ1) is 11.6. The lowest BCUT2D eigenvalue weighted by Gasteiger charge is -2.23. The van der Waals surface area contributed by atoms with Crippen molar-refractivity contribution in [2.45, 2.75) is 44.2 Å². The van der Waals surface area contributed by atoms with E-state index in [-0.39, 0.29) is 0 Å². The number of hydrogen-bond donors (Lipinski definition) is 1. The van der Waals surface area contributed by atoms with E-state index in [1.54, 1.807) is 0 Å². The van der Waals surface area contributed by atoms with E-state index < -0.39 is 10.8 Å². The molecule has 0 aromatic heterocycles. The first-order valence-corrected chi connectivity index (χ1v) is 7.53. The van der Waals surface area contributed by atoms with Gasteiger partial charge in [0.15, 0.2) is 0 Å². The summed E-state index contributed by atoms with van der Waals surface area (Å²) in [6.45, 7) is 2.01. The molecule has 15 heavy (non-hydrogen) atoms. The highest BCUT2D eigenvalue weighted by molar-refractivity contribution is 7.85. The monoisotopic (exact) mass is 231 g/mol. The van der Waals surface area contributed by atoms with Crippen LogP contribution in [0.25, 0.3) is 0 Å². The zero-order chi connectivity index (χ0) is 10.5. The Hall–Kier alpha value is 0.0700. The Morgan fingerprint density at radius 3 is 2.73 bits per heavy atom. The highest BCUT2D eigenvalue weighted by Crippen LogP contribution is 2.15. The summed E-state index contributed by atoms with van der Waals surface area (Å²) >= 11 is 0. The molecule has 0 radical (unpaired) electrons. The fourth-order valence-corrected chi connectivity index (χ4v) is 3.62. The molecule has 4 heteroatoms. The van der Waals surface area contributed by atoms with Gasteiger partial charge in [-0.3, -0.25) is 4.21 Å². The molecule has 1 atom stereocenters. The summed E-state index contributed by atoms with van der Waals surface area (Å²) in [5.74, 6) is 1.77. The van der Waals surface area contributed by atoms with Crippen molar-refractivity contribution in [3.05, 3.63) is 0 Å². The van der Waals surface area contributed by atoms with Gasteiger partial charge in [0, 0.05) is 35.0 Å². The van der Waals surface area contributed by atoms with Crippen molar-refractivity contribution in [2.24, 2.45) is 0 Å². The van der Waals surface area contributed by atoms with Crippen LogP contribution in [0.3, 0.4) is 0 Å². The van der Waals surface area contributed by atoms with Gasteiger partial charge in [-0.05, 0) is 38.6 Å². The van der Waals surface area contributed by atoms with E-state index in [0.29, 0.717) is 12.1 Å². The summed E-state index contributed by atoms with van der Waals surface area (Å²) in [6, 6.07) is 0.601. The van der Waals surface area contributed by atoms with Gasteiger partial charge >= 0.3 is 0 Å². The standard InChI is InChI=1S/C11H21NO2S/c13-15-8-4-10(5-9-15)12-6-3-11-2-1-7-14-11/h10-12H,1-9H2. The summed E-state index contributed by atoms with van der Waals surface area (Å²) < 4.78 is 16.7. The van der Waals surface area contributed by atoms with E-state index in [4.69, 9.17) is 4.74 Å². The summed E-state index contributed by atoms with van der Waals surface area (Å²) in [4.78, 5) is 0. The predicted octanol–water partition coefficient (Wildman–Crippen LogP) is 1.06. The van der Waals surface area contributed by atoms with Gasteiger partial charge in [0.05, 0.1) is 6.10 Å². The maximum absolute atomic E-state index is 11.2.